The lowest BCUT2D eigenvalue weighted by atomic mass is 10.1. The fourth-order valence-electron chi connectivity index (χ4n) is 3.84. The van der Waals surface area contributed by atoms with E-state index in [0.717, 1.165) is 77.8 Å². The van der Waals surface area contributed by atoms with E-state index in [1.807, 2.05) is 0 Å². The molecule has 2 N–H and O–H groups in total. The minimum Gasteiger partial charge on any atom is -0.379 e. The number of sulfonamides is 1. The normalized spacial score (nSPS) is 20.8. The van der Waals surface area contributed by atoms with Crippen LogP contribution in [0.1, 0.15) is 64.2 Å². The van der Waals surface area contributed by atoms with Crippen molar-refractivity contribution in [2.24, 2.45) is 5.73 Å². The second-order valence-corrected chi connectivity index (χ2v) is 9.64. The smallest absolute Gasteiger partial charge is 0.236 e. The van der Waals surface area contributed by atoms with Crippen LogP contribution in [0.4, 0.5) is 0 Å². The Labute approximate surface area is 165 Å². The largest absolute Gasteiger partial charge is 0.379 e. The molecule has 8 heteroatoms. The predicted octanol–water partition coefficient (Wildman–Crippen LogP) is 2.12. The van der Waals surface area contributed by atoms with E-state index in [4.69, 9.17) is 15.3 Å². The fraction of sp³-hybridized carbons (Fsp3) is 1.00. The molecule has 0 aromatic carbocycles. The lowest BCUT2D eigenvalue weighted by Gasteiger charge is -2.31. The minimum atomic E-state index is -3.39. The maximum Gasteiger partial charge on any atom is 0.236 e. The van der Waals surface area contributed by atoms with Crippen LogP contribution >= 0.6 is 0 Å². The molecule has 0 spiro atoms. The number of rotatable bonds is 12. The Morgan fingerprint density at radius 1 is 1.00 bits per heavy atom. The minimum absolute atomic E-state index is 0.00812. The predicted molar refractivity (Wildman–Crippen MR) is 108 cm³/mol. The molecule has 1 saturated carbocycles. The van der Waals surface area contributed by atoms with Crippen LogP contribution in [0.25, 0.3) is 0 Å². The molecule has 2 rings (SSSR count). The van der Waals surface area contributed by atoms with Crippen LogP contribution < -0.4 is 5.73 Å². The third kappa shape index (κ3) is 8.75. The van der Waals surface area contributed by atoms with E-state index in [1.54, 1.807) is 0 Å². The summed E-state index contributed by atoms with van der Waals surface area (Å²) in [6.07, 6.45) is 9.90. The first kappa shape index (κ1) is 23.0. The van der Waals surface area contributed by atoms with Crippen molar-refractivity contribution in [2.45, 2.75) is 70.3 Å². The Morgan fingerprint density at radius 2 is 1.67 bits per heavy atom. The third-order valence-corrected chi connectivity index (χ3v) is 7.24. The molecule has 2 aliphatic rings. The second kappa shape index (κ2) is 13.1. The Morgan fingerprint density at radius 3 is 2.33 bits per heavy atom. The third-order valence-electron chi connectivity index (χ3n) is 5.48. The van der Waals surface area contributed by atoms with Crippen molar-refractivity contribution < 1.29 is 18.0 Å². The number of hydrogen-bond donors (Lipinski definition) is 1. The monoisotopic (exact) mass is 405 g/mol. The maximum atomic E-state index is 13.0. The molecule has 27 heavy (non-hydrogen) atoms. The van der Waals surface area contributed by atoms with Crippen LogP contribution in [0, 0.1) is 0 Å². The van der Waals surface area contributed by atoms with Crippen molar-refractivity contribution in [2.75, 3.05) is 51.8 Å². The number of unbranched alkanes of at least 4 members (excludes halogenated alkanes) is 3. The number of nitrogens with zero attached hydrogens (tertiary/aromatic N) is 2. The van der Waals surface area contributed by atoms with Crippen LogP contribution in [0.15, 0.2) is 0 Å². The van der Waals surface area contributed by atoms with E-state index in [9.17, 15) is 8.42 Å². The average Bonchev–Trinajstić information content (AvgIpc) is 2.95. The quantitative estimate of drug-likeness (QED) is 0.304. The van der Waals surface area contributed by atoms with Gasteiger partial charge in [0.05, 0.1) is 31.6 Å². The Balaban J connectivity index is 1.88. The topological polar surface area (TPSA) is 85.1 Å². The lowest BCUT2D eigenvalue weighted by Crippen LogP contribution is -2.44. The van der Waals surface area contributed by atoms with Gasteiger partial charge in [-0.3, -0.25) is 9.74 Å². The molecule has 160 valence electrons. The Kier molecular flexibility index (Phi) is 11.1. The summed E-state index contributed by atoms with van der Waals surface area (Å²) in [6.45, 7) is 5.11. The van der Waals surface area contributed by atoms with Crippen LogP contribution in [0.2, 0.25) is 0 Å². The van der Waals surface area contributed by atoms with Crippen LogP contribution in [-0.2, 0) is 19.6 Å². The number of morpholine rings is 1. The van der Waals surface area contributed by atoms with Gasteiger partial charge >= 0.3 is 0 Å². The first-order valence-electron chi connectivity index (χ1n) is 10.8. The summed E-state index contributed by atoms with van der Waals surface area (Å²) in [4.78, 5) is 8.20. The molecule has 0 amide bonds. The molecule has 1 aliphatic heterocycles. The van der Waals surface area contributed by atoms with E-state index in [1.165, 1.54) is 17.3 Å². The van der Waals surface area contributed by atoms with E-state index in [0.29, 0.717) is 19.6 Å². The van der Waals surface area contributed by atoms with Crippen molar-refractivity contribution in [1.29, 1.82) is 0 Å². The molecular weight excluding hydrogens is 366 g/mol. The molecule has 0 aromatic rings. The Hall–Kier alpha value is -0.250. The van der Waals surface area contributed by atoms with E-state index >= 15 is 0 Å². The Bertz CT molecular complexity index is 475. The standard InChI is InChI=1S/C19H39N3O4S/c20-11-7-3-4-8-18-27(23,24)22(19-9-5-1-2-6-10-19)26-17-14-21-12-15-25-16-13-21/h19H,1-18,20H2. The van der Waals surface area contributed by atoms with Gasteiger partial charge in [0.1, 0.15) is 0 Å². The molecule has 1 heterocycles. The first-order chi connectivity index (χ1) is 13.1. The molecule has 7 nitrogen and oxygen atoms in total. The van der Waals surface area contributed by atoms with Crippen molar-refractivity contribution in [3.63, 3.8) is 0 Å². The van der Waals surface area contributed by atoms with Crippen LogP contribution in [0.3, 0.4) is 0 Å². The van der Waals surface area contributed by atoms with Gasteiger partial charge in [-0.2, -0.15) is 0 Å². The molecule has 0 aromatic heterocycles. The molecule has 2 fully saturated rings. The highest BCUT2D eigenvalue weighted by atomic mass is 32.2. The molecule has 1 saturated heterocycles. The van der Waals surface area contributed by atoms with Gasteiger partial charge in [-0.15, -0.1) is 0 Å². The van der Waals surface area contributed by atoms with Crippen molar-refractivity contribution >= 4 is 10.0 Å². The summed E-state index contributed by atoms with van der Waals surface area (Å²) in [7, 11) is -3.39. The molecule has 0 unspecified atom stereocenters. The summed E-state index contributed by atoms with van der Waals surface area (Å²) >= 11 is 0. The van der Waals surface area contributed by atoms with Crippen molar-refractivity contribution in [1.82, 2.24) is 9.37 Å². The number of ether oxygens (including phenoxy) is 1. The molecule has 0 atom stereocenters. The van der Waals surface area contributed by atoms with Gasteiger partial charge < -0.3 is 10.5 Å². The van der Waals surface area contributed by atoms with Gasteiger partial charge in [0, 0.05) is 19.6 Å². The fourth-order valence-corrected chi connectivity index (χ4v) is 5.49. The highest BCUT2D eigenvalue weighted by molar-refractivity contribution is 7.88. The van der Waals surface area contributed by atoms with Crippen LogP contribution in [0.5, 0.6) is 0 Å². The van der Waals surface area contributed by atoms with E-state index in [2.05, 4.69) is 4.90 Å². The lowest BCUT2D eigenvalue weighted by molar-refractivity contribution is -0.122. The molecule has 1 aliphatic carbocycles. The SMILES string of the molecule is NCCCCCCS(=O)(=O)N(OCCN1CCOCC1)C1CCCCCC1. The zero-order valence-electron chi connectivity index (χ0n) is 16.8. The number of nitrogens with two attached hydrogens (primary N) is 1. The highest BCUT2D eigenvalue weighted by Crippen LogP contribution is 2.25. The van der Waals surface area contributed by atoms with Gasteiger partial charge in [0.25, 0.3) is 0 Å². The average molecular weight is 406 g/mol. The van der Waals surface area contributed by atoms with Crippen molar-refractivity contribution in [3.05, 3.63) is 0 Å². The number of hydroxylamine groups is 1. The molecular formula is C19H39N3O4S. The summed E-state index contributed by atoms with van der Waals surface area (Å²) in [5.74, 6) is 0.172. The van der Waals surface area contributed by atoms with Gasteiger partial charge in [0.2, 0.25) is 10.0 Å². The van der Waals surface area contributed by atoms with E-state index in [-0.39, 0.29) is 11.8 Å². The molecule has 0 radical (unpaired) electrons. The van der Waals surface area contributed by atoms with Gasteiger partial charge in [0.15, 0.2) is 0 Å². The maximum absolute atomic E-state index is 13.0. The van der Waals surface area contributed by atoms with Gasteiger partial charge in [-0.25, -0.2) is 8.42 Å². The van der Waals surface area contributed by atoms with E-state index < -0.39 is 10.0 Å². The molecule has 0 bridgehead atoms. The van der Waals surface area contributed by atoms with Crippen LogP contribution in [-0.4, -0.2) is 75.6 Å². The van der Waals surface area contributed by atoms with Gasteiger partial charge in [-0.1, -0.05) is 43.0 Å². The van der Waals surface area contributed by atoms with Crippen molar-refractivity contribution in [3.8, 4) is 0 Å². The zero-order valence-corrected chi connectivity index (χ0v) is 17.6. The summed E-state index contributed by atoms with van der Waals surface area (Å²) in [5.41, 5.74) is 5.52. The first-order valence-corrected chi connectivity index (χ1v) is 12.4. The summed E-state index contributed by atoms with van der Waals surface area (Å²) in [5, 5.41) is 0. The zero-order chi connectivity index (χ0) is 19.4. The summed E-state index contributed by atoms with van der Waals surface area (Å²) in [6, 6.07) is -0.00812. The second-order valence-electron chi connectivity index (χ2n) is 7.71. The number of hydrogen-bond acceptors (Lipinski definition) is 6. The summed E-state index contributed by atoms with van der Waals surface area (Å²) < 4.78 is 32.8. The van der Waals surface area contributed by atoms with Gasteiger partial charge in [-0.05, 0) is 32.2 Å². The highest BCUT2D eigenvalue weighted by Gasteiger charge is 2.31.